The molecular weight excluding hydrogens is 286 g/mol. The number of aromatic nitrogens is 1. The minimum Gasteiger partial charge on any atom is -0.328 e. The molecule has 0 fully saturated rings. The second-order valence-corrected chi connectivity index (χ2v) is 4.22. The molecule has 2 N–H and O–H groups in total. The predicted molar refractivity (Wildman–Crippen MR) is 73.1 cm³/mol. The van der Waals surface area contributed by atoms with E-state index in [1.807, 2.05) is 0 Å². The number of carbonyl (C=O) groups is 1. The number of halogens is 1. The van der Waals surface area contributed by atoms with Crippen molar-refractivity contribution in [3.63, 3.8) is 0 Å². The van der Waals surface area contributed by atoms with E-state index in [-0.39, 0.29) is 27.5 Å². The van der Waals surface area contributed by atoms with E-state index in [2.05, 4.69) is 10.3 Å². The van der Waals surface area contributed by atoms with E-state index in [1.165, 1.54) is 30.5 Å². The molecule has 0 saturated carbocycles. The first-order valence-electron chi connectivity index (χ1n) is 5.41. The first-order chi connectivity index (χ1) is 9.47. The maximum Gasteiger partial charge on any atom is 0.271 e. The third-order valence-corrected chi connectivity index (χ3v) is 2.78. The van der Waals surface area contributed by atoms with Crippen LogP contribution in [0.3, 0.4) is 0 Å². The molecule has 0 aliphatic heterocycles. The Bertz CT molecular complexity index is 721. The van der Waals surface area contributed by atoms with Gasteiger partial charge in [0.05, 0.1) is 21.2 Å². The van der Waals surface area contributed by atoms with E-state index < -0.39 is 10.8 Å². The van der Waals surface area contributed by atoms with Crippen molar-refractivity contribution in [2.75, 3.05) is 5.32 Å². The Morgan fingerprint density at radius 1 is 1.30 bits per heavy atom. The van der Waals surface area contributed by atoms with E-state index >= 15 is 0 Å². The van der Waals surface area contributed by atoms with Crippen LogP contribution >= 0.6 is 11.6 Å². The normalized spacial score (nSPS) is 10.1. The van der Waals surface area contributed by atoms with E-state index in [4.69, 9.17) is 11.6 Å². The number of benzene rings is 1. The summed E-state index contributed by atoms with van der Waals surface area (Å²) in [5.74, 6) is -0.538. The highest BCUT2D eigenvalue weighted by Crippen LogP contribution is 2.26. The zero-order chi connectivity index (χ0) is 14.7. The molecule has 1 amide bonds. The molecule has 0 radical (unpaired) electrons. The Balaban J connectivity index is 2.27. The van der Waals surface area contributed by atoms with Crippen molar-refractivity contribution in [2.24, 2.45) is 0 Å². The standard InChI is InChI=1S/C12H8ClN3O4/c13-9-3-2-8(16(19)20)5-10(9)15-12(18)7-1-4-11(17)14-6-7/h1-6H,(H,14,17)(H,15,18). The Labute approximate surface area is 117 Å². The van der Waals surface area contributed by atoms with Crippen LogP contribution in [-0.4, -0.2) is 15.8 Å². The van der Waals surface area contributed by atoms with Crippen molar-refractivity contribution in [1.29, 1.82) is 0 Å². The number of nitro benzene ring substituents is 1. The van der Waals surface area contributed by atoms with Crippen LogP contribution in [0.2, 0.25) is 5.02 Å². The van der Waals surface area contributed by atoms with Crippen LogP contribution in [0, 0.1) is 10.1 Å². The van der Waals surface area contributed by atoms with Gasteiger partial charge in [-0.05, 0) is 12.1 Å². The lowest BCUT2D eigenvalue weighted by Crippen LogP contribution is -2.14. The number of pyridine rings is 1. The molecule has 2 aromatic rings. The molecule has 0 unspecified atom stereocenters. The van der Waals surface area contributed by atoms with Gasteiger partial charge in [0.25, 0.3) is 11.6 Å². The highest BCUT2D eigenvalue weighted by Gasteiger charge is 2.13. The molecule has 0 bridgehead atoms. The summed E-state index contributed by atoms with van der Waals surface area (Å²) < 4.78 is 0. The van der Waals surface area contributed by atoms with Gasteiger partial charge in [0, 0.05) is 24.4 Å². The van der Waals surface area contributed by atoms with E-state index in [1.54, 1.807) is 0 Å². The smallest absolute Gasteiger partial charge is 0.271 e. The SMILES string of the molecule is O=C(Nc1cc([N+](=O)[O-])ccc1Cl)c1ccc(=O)[nH]c1. The van der Waals surface area contributed by atoms with Crippen LogP contribution in [0.1, 0.15) is 10.4 Å². The fourth-order valence-electron chi connectivity index (χ4n) is 1.47. The van der Waals surface area contributed by atoms with E-state index in [0.717, 1.165) is 6.07 Å². The third kappa shape index (κ3) is 3.01. The van der Waals surface area contributed by atoms with Crippen LogP contribution in [-0.2, 0) is 0 Å². The summed E-state index contributed by atoms with van der Waals surface area (Å²) in [6, 6.07) is 6.25. The van der Waals surface area contributed by atoms with Crippen molar-refractivity contribution in [2.45, 2.75) is 0 Å². The van der Waals surface area contributed by atoms with Crippen LogP contribution in [0.15, 0.2) is 41.3 Å². The Kier molecular flexibility index (Phi) is 3.81. The fraction of sp³-hybridized carbons (Fsp3) is 0. The number of amides is 1. The number of nitrogens with one attached hydrogen (secondary N) is 2. The van der Waals surface area contributed by atoms with Crippen molar-refractivity contribution in [3.8, 4) is 0 Å². The lowest BCUT2D eigenvalue weighted by molar-refractivity contribution is -0.384. The molecule has 0 aliphatic rings. The van der Waals surface area contributed by atoms with Gasteiger partial charge < -0.3 is 10.3 Å². The molecule has 8 heteroatoms. The van der Waals surface area contributed by atoms with Gasteiger partial charge in [-0.2, -0.15) is 0 Å². The van der Waals surface area contributed by atoms with Gasteiger partial charge in [-0.3, -0.25) is 19.7 Å². The van der Waals surface area contributed by atoms with E-state index in [9.17, 15) is 19.7 Å². The number of hydrogen-bond donors (Lipinski definition) is 2. The quantitative estimate of drug-likeness (QED) is 0.668. The molecule has 1 aromatic carbocycles. The van der Waals surface area contributed by atoms with Gasteiger partial charge in [-0.25, -0.2) is 0 Å². The zero-order valence-electron chi connectivity index (χ0n) is 9.92. The van der Waals surface area contributed by atoms with Gasteiger partial charge in [0.1, 0.15) is 0 Å². The zero-order valence-corrected chi connectivity index (χ0v) is 10.7. The first kappa shape index (κ1) is 13.8. The second kappa shape index (κ2) is 5.54. The Morgan fingerprint density at radius 3 is 2.65 bits per heavy atom. The summed E-state index contributed by atoms with van der Waals surface area (Å²) >= 11 is 5.86. The number of anilines is 1. The lowest BCUT2D eigenvalue weighted by atomic mass is 10.2. The summed E-state index contributed by atoms with van der Waals surface area (Å²) in [4.78, 5) is 35.2. The average molecular weight is 294 g/mol. The largest absolute Gasteiger partial charge is 0.328 e. The molecule has 1 heterocycles. The summed E-state index contributed by atoms with van der Waals surface area (Å²) in [7, 11) is 0. The Hall–Kier alpha value is -2.67. The molecule has 102 valence electrons. The molecule has 0 saturated heterocycles. The molecule has 1 aromatic heterocycles. The third-order valence-electron chi connectivity index (χ3n) is 2.46. The maximum absolute atomic E-state index is 11.9. The van der Waals surface area contributed by atoms with Crippen molar-refractivity contribution in [3.05, 3.63) is 67.6 Å². The van der Waals surface area contributed by atoms with Crippen molar-refractivity contribution < 1.29 is 9.72 Å². The van der Waals surface area contributed by atoms with Crippen molar-refractivity contribution in [1.82, 2.24) is 4.98 Å². The summed E-state index contributed by atoms with van der Waals surface area (Å²) in [5, 5.41) is 13.3. The summed E-state index contributed by atoms with van der Waals surface area (Å²) in [5.41, 5.74) is -0.203. The Morgan fingerprint density at radius 2 is 2.05 bits per heavy atom. The number of nitro groups is 1. The predicted octanol–water partition coefficient (Wildman–Crippen LogP) is 2.19. The number of non-ortho nitro benzene ring substituents is 1. The fourth-order valence-corrected chi connectivity index (χ4v) is 1.63. The minimum absolute atomic E-state index is 0.122. The first-order valence-corrected chi connectivity index (χ1v) is 5.79. The summed E-state index contributed by atoms with van der Waals surface area (Å²) in [6.07, 6.45) is 1.24. The number of nitrogens with zero attached hydrogens (tertiary/aromatic N) is 1. The average Bonchev–Trinajstić information content (AvgIpc) is 2.41. The maximum atomic E-state index is 11.9. The lowest BCUT2D eigenvalue weighted by Gasteiger charge is -2.06. The molecule has 0 atom stereocenters. The number of aromatic amines is 1. The van der Waals surface area contributed by atoms with Gasteiger partial charge in [0.2, 0.25) is 5.56 Å². The molecule has 20 heavy (non-hydrogen) atoms. The monoisotopic (exact) mass is 293 g/mol. The highest BCUT2D eigenvalue weighted by molar-refractivity contribution is 6.34. The number of H-pyrrole nitrogens is 1. The topological polar surface area (TPSA) is 105 Å². The molecule has 0 aliphatic carbocycles. The highest BCUT2D eigenvalue weighted by atomic mass is 35.5. The van der Waals surface area contributed by atoms with Crippen LogP contribution < -0.4 is 10.9 Å². The second-order valence-electron chi connectivity index (χ2n) is 3.82. The minimum atomic E-state index is -0.591. The molecule has 2 rings (SSSR count). The number of carbonyl (C=O) groups excluding carboxylic acids is 1. The van der Waals surface area contributed by atoms with E-state index in [0.29, 0.717) is 0 Å². The van der Waals surface area contributed by atoms with Crippen molar-refractivity contribution >= 4 is 28.9 Å². The van der Waals surface area contributed by atoms with Gasteiger partial charge in [0.15, 0.2) is 0 Å². The molecule has 0 spiro atoms. The molecule has 7 nitrogen and oxygen atoms in total. The van der Waals surface area contributed by atoms with Crippen LogP contribution in [0.5, 0.6) is 0 Å². The van der Waals surface area contributed by atoms with Gasteiger partial charge >= 0.3 is 0 Å². The van der Waals surface area contributed by atoms with Gasteiger partial charge in [-0.15, -0.1) is 0 Å². The summed E-state index contributed by atoms with van der Waals surface area (Å²) in [6.45, 7) is 0. The van der Waals surface area contributed by atoms with Crippen LogP contribution in [0.25, 0.3) is 0 Å². The van der Waals surface area contributed by atoms with Gasteiger partial charge in [-0.1, -0.05) is 11.6 Å². The molecular formula is C12H8ClN3O4. The number of rotatable bonds is 3. The number of hydrogen-bond acceptors (Lipinski definition) is 4. The van der Waals surface area contributed by atoms with Crippen LogP contribution in [0.4, 0.5) is 11.4 Å².